The van der Waals surface area contributed by atoms with Crippen LogP contribution in [0.2, 0.25) is 0 Å². The molecule has 0 rings (SSSR count). The van der Waals surface area contributed by atoms with Crippen LogP contribution in [0, 0.1) is 4.91 Å². The Hall–Kier alpha value is -1.13. The first-order valence-electron chi connectivity index (χ1n) is 2.84. The molecule has 0 aromatic heterocycles. The van der Waals surface area contributed by atoms with Gasteiger partial charge in [-0.15, -0.1) is 4.91 Å². The van der Waals surface area contributed by atoms with Crippen LogP contribution < -0.4 is 0 Å². The van der Waals surface area contributed by atoms with Gasteiger partial charge in [0.15, 0.2) is 0 Å². The summed E-state index contributed by atoms with van der Waals surface area (Å²) in [6.45, 7) is 0. The van der Waals surface area contributed by atoms with Gasteiger partial charge in [-0.2, -0.15) is 0 Å². The predicted molar refractivity (Wildman–Crippen MR) is 40.6 cm³/mol. The van der Waals surface area contributed by atoms with Crippen LogP contribution in [0.1, 0.15) is 0 Å². The number of nitrogens with zero attached hydrogens (tertiary/aromatic N) is 4. The zero-order chi connectivity index (χ0) is 8.15. The molecule has 0 aliphatic rings. The summed E-state index contributed by atoms with van der Waals surface area (Å²) in [6, 6.07) is 0. The molecule has 0 aliphatic carbocycles. The van der Waals surface area contributed by atoms with E-state index in [0.29, 0.717) is 5.96 Å². The van der Waals surface area contributed by atoms with Gasteiger partial charge in [0.1, 0.15) is 0 Å². The Balaban J connectivity index is 4.26. The Bertz CT molecular complexity index is 131. The SMILES string of the molecule is CN(C)C(=NN=O)N(C)C. The molecule has 0 aromatic carbocycles. The summed E-state index contributed by atoms with van der Waals surface area (Å²) in [5.41, 5.74) is 0. The Morgan fingerprint density at radius 3 is 1.60 bits per heavy atom. The fourth-order valence-corrected chi connectivity index (χ4v) is 0.615. The second-order valence-corrected chi connectivity index (χ2v) is 2.27. The maximum atomic E-state index is 9.73. The molecule has 10 heavy (non-hydrogen) atoms. The molecule has 0 aliphatic heterocycles. The van der Waals surface area contributed by atoms with Crippen LogP contribution in [0.5, 0.6) is 0 Å². The van der Waals surface area contributed by atoms with Crippen LogP contribution in [0.15, 0.2) is 10.4 Å². The number of hydrogen-bond donors (Lipinski definition) is 0. The highest BCUT2D eigenvalue weighted by Crippen LogP contribution is 1.87. The van der Waals surface area contributed by atoms with E-state index >= 15 is 0 Å². The van der Waals surface area contributed by atoms with Gasteiger partial charge in [-0.05, 0) is 0 Å². The Morgan fingerprint density at radius 1 is 1.10 bits per heavy atom. The fraction of sp³-hybridized carbons (Fsp3) is 0.800. The molecule has 58 valence electrons. The molecule has 0 amide bonds. The third-order valence-corrected chi connectivity index (χ3v) is 0.930. The van der Waals surface area contributed by atoms with E-state index in [9.17, 15) is 4.91 Å². The Morgan fingerprint density at radius 2 is 1.50 bits per heavy atom. The normalized spacial score (nSPS) is 8.40. The largest absolute Gasteiger partial charge is 0.347 e. The lowest BCUT2D eigenvalue weighted by atomic mass is 10.7. The first kappa shape index (κ1) is 8.87. The van der Waals surface area contributed by atoms with Crippen molar-refractivity contribution in [2.24, 2.45) is 10.4 Å². The molecule has 0 saturated carbocycles. The van der Waals surface area contributed by atoms with Crippen LogP contribution in [0.25, 0.3) is 0 Å². The van der Waals surface area contributed by atoms with E-state index in [4.69, 9.17) is 0 Å². The summed E-state index contributed by atoms with van der Waals surface area (Å²) in [6.07, 6.45) is 0. The molecule has 0 heterocycles. The maximum Gasteiger partial charge on any atom is 0.224 e. The van der Waals surface area contributed by atoms with Gasteiger partial charge in [0, 0.05) is 28.2 Å². The quantitative estimate of drug-likeness (QED) is 0.228. The van der Waals surface area contributed by atoms with Gasteiger partial charge in [0.25, 0.3) is 0 Å². The number of rotatable bonds is 1. The summed E-state index contributed by atoms with van der Waals surface area (Å²) >= 11 is 0. The van der Waals surface area contributed by atoms with Crippen molar-refractivity contribution in [1.29, 1.82) is 0 Å². The van der Waals surface area contributed by atoms with Gasteiger partial charge in [-0.25, -0.2) is 0 Å². The molecular weight excluding hydrogens is 132 g/mol. The topological polar surface area (TPSA) is 48.3 Å². The first-order chi connectivity index (χ1) is 4.59. The molecule has 5 nitrogen and oxygen atoms in total. The average molecular weight is 144 g/mol. The molecular formula is C5H12N4O. The third-order valence-electron chi connectivity index (χ3n) is 0.930. The van der Waals surface area contributed by atoms with Crippen LogP contribution in [0.3, 0.4) is 0 Å². The van der Waals surface area contributed by atoms with Gasteiger partial charge in [0.05, 0.1) is 5.29 Å². The molecule has 5 heteroatoms. The van der Waals surface area contributed by atoms with Gasteiger partial charge < -0.3 is 9.80 Å². The molecule has 0 N–H and O–H groups in total. The zero-order valence-electron chi connectivity index (χ0n) is 6.70. The van der Waals surface area contributed by atoms with Crippen molar-refractivity contribution in [1.82, 2.24) is 9.80 Å². The predicted octanol–water partition coefficient (Wildman–Crippen LogP) is 0.147. The lowest BCUT2D eigenvalue weighted by molar-refractivity contribution is 0.480. The lowest BCUT2D eigenvalue weighted by Crippen LogP contribution is -2.34. The molecule has 0 spiro atoms. The van der Waals surface area contributed by atoms with E-state index in [-0.39, 0.29) is 0 Å². The molecule has 0 aromatic rings. The molecule has 0 bridgehead atoms. The monoisotopic (exact) mass is 144 g/mol. The molecule has 0 unspecified atom stereocenters. The van der Waals surface area contributed by atoms with E-state index < -0.39 is 0 Å². The second-order valence-electron chi connectivity index (χ2n) is 2.27. The smallest absolute Gasteiger partial charge is 0.224 e. The Kier molecular flexibility index (Phi) is 3.38. The highest BCUT2D eigenvalue weighted by atomic mass is 16.3. The summed E-state index contributed by atoms with van der Waals surface area (Å²) in [7, 11) is 7.18. The lowest BCUT2D eigenvalue weighted by Gasteiger charge is -2.20. The van der Waals surface area contributed by atoms with E-state index in [1.54, 1.807) is 38.0 Å². The molecule has 0 atom stereocenters. The minimum Gasteiger partial charge on any atom is -0.347 e. The van der Waals surface area contributed by atoms with Crippen molar-refractivity contribution in [3.63, 3.8) is 0 Å². The minimum absolute atomic E-state index is 0.537. The van der Waals surface area contributed by atoms with E-state index in [0.717, 1.165) is 0 Å². The maximum absolute atomic E-state index is 9.73. The summed E-state index contributed by atoms with van der Waals surface area (Å²) < 4.78 is 0. The van der Waals surface area contributed by atoms with Crippen LogP contribution in [-0.4, -0.2) is 44.0 Å². The van der Waals surface area contributed by atoms with Crippen molar-refractivity contribution >= 4 is 5.96 Å². The van der Waals surface area contributed by atoms with E-state index in [2.05, 4.69) is 10.4 Å². The van der Waals surface area contributed by atoms with Crippen molar-refractivity contribution in [3.8, 4) is 0 Å². The van der Waals surface area contributed by atoms with Gasteiger partial charge in [-0.1, -0.05) is 5.10 Å². The van der Waals surface area contributed by atoms with Crippen molar-refractivity contribution in [2.45, 2.75) is 0 Å². The second kappa shape index (κ2) is 3.81. The number of guanidine groups is 1. The van der Waals surface area contributed by atoms with Crippen LogP contribution >= 0.6 is 0 Å². The molecule has 0 radical (unpaired) electrons. The van der Waals surface area contributed by atoms with Crippen molar-refractivity contribution < 1.29 is 0 Å². The van der Waals surface area contributed by atoms with Crippen LogP contribution in [0.4, 0.5) is 0 Å². The van der Waals surface area contributed by atoms with Gasteiger partial charge >= 0.3 is 0 Å². The number of nitroso groups, excluding NO2 is 1. The average Bonchev–Trinajstić information content (AvgIpc) is 1.81. The molecule has 0 fully saturated rings. The van der Waals surface area contributed by atoms with Crippen molar-refractivity contribution in [3.05, 3.63) is 4.91 Å². The fourth-order valence-electron chi connectivity index (χ4n) is 0.615. The van der Waals surface area contributed by atoms with Crippen molar-refractivity contribution in [2.75, 3.05) is 28.2 Å². The van der Waals surface area contributed by atoms with Gasteiger partial charge in [-0.3, -0.25) is 0 Å². The van der Waals surface area contributed by atoms with Crippen LogP contribution in [-0.2, 0) is 0 Å². The number of hydrogen-bond acceptors (Lipinski definition) is 2. The van der Waals surface area contributed by atoms with E-state index in [1.165, 1.54) is 0 Å². The Labute approximate surface area is 60.3 Å². The summed E-state index contributed by atoms with van der Waals surface area (Å²) in [4.78, 5) is 13.2. The standard InChI is InChI=1S/C5H12N4O/c1-8(2)5(6-7-10)9(3)4/h1-4H3. The molecule has 0 saturated heterocycles. The third kappa shape index (κ3) is 2.43. The zero-order valence-corrected chi connectivity index (χ0v) is 6.70. The highest BCUT2D eigenvalue weighted by molar-refractivity contribution is 5.78. The first-order valence-corrected chi connectivity index (χ1v) is 2.84. The summed E-state index contributed by atoms with van der Waals surface area (Å²) in [5.74, 6) is 0.537. The summed E-state index contributed by atoms with van der Waals surface area (Å²) in [5, 5.41) is 5.79. The highest BCUT2D eigenvalue weighted by Gasteiger charge is 2.02. The minimum atomic E-state index is 0.537. The van der Waals surface area contributed by atoms with E-state index in [1.807, 2.05) is 0 Å². The van der Waals surface area contributed by atoms with Gasteiger partial charge in [0.2, 0.25) is 5.96 Å².